The van der Waals surface area contributed by atoms with Crippen molar-refractivity contribution in [2.45, 2.75) is 6.42 Å². The lowest BCUT2D eigenvalue weighted by Gasteiger charge is -2.15. The average Bonchev–Trinajstić information content (AvgIpc) is 2.71. The van der Waals surface area contributed by atoms with Crippen molar-refractivity contribution in [1.82, 2.24) is 4.98 Å². The number of nitrogens with zero attached hydrogens (tertiary/aromatic N) is 2. The van der Waals surface area contributed by atoms with Crippen molar-refractivity contribution in [2.24, 2.45) is 5.92 Å². The van der Waals surface area contributed by atoms with Crippen LogP contribution in [0.5, 0.6) is 0 Å². The van der Waals surface area contributed by atoms with Gasteiger partial charge in [-0.15, -0.1) is 0 Å². The number of carboxylic acid groups (broad SMARTS) is 1. The Morgan fingerprint density at radius 1 is 1.53 bits per heavy atom. The molecular weight excluding hydrogens is 224 g/mol. The van der Waals surface area contributed by atoms with Crippen molar-refractivity contribution in [3.8, 4) is 0 Å². The fourth-order valence-electron chi connectivity index (χ4n) is 1.83. The predicted molar refractivity (Wildman–Crippen MR) is 58.7 cm³/mol. The zero-order valence-corrected chi connectivity index (χ0v) is 9.04. The molecule has 0 spiro atoms. The number of amides is 1. The van der Waals surface area contributed by atoms with E-state index in [4.69, 9.17) is 10.2 Å². The number of hydrogen-bond donors (Lipinski definition) is 2. The van der Waals surface area contributed by atoms with Crippen LogP contribution in [0.3, 0.4) is 0 Å². The van der Waals surface area contributed by atoms with E-state index in [-0.39, 0.29) is 24.1 Å². The first-order chi connectivity index (χ1) is 8.11. The fourth-order valence-corrected chi connectivity index (χ4v) is 1.83. The average molecular weight is 236 g/mol. The molecule has 90 valence electrons. The lowest BCUT2D eigenvalue weighted by Crippen LogP contribution is -2.25. The van der Waals surface area contributed by atoms with Gasteiger partial charge in [0.05, 0.1) is 11.9 Å². The van der Waals surface area contributed by atoms with E-state index in [1.54, 1.807) is 6.07 Å². The highest BCUT2D eigenvalue weighted by atomic mass is 16.4. The lowest BCUT2D eigenvalue weighted by molar-refractivity contribution is -0.117. The van der Waals surface area contributed by atoms with Crippen molar-refractivity contribution in [2.75, 3.05) is 18.1 Å². The molecule has 2 N–H and O–H groups in total. The lowest BCUT2D eigenvalue weighted by atomic mass is 10.1. The molecule has 2 rings (SSSR count). The van der Waals surface area contributed by atoms with E-state index >= 15 is 0 Å². The molecule has 1 unspecified atom stereocenters. The molecule has 2 heterocycles. The number of carbonyl (C=O) groups excluding carboxylic acids is 1. The molecule has 1 atom stereocenters. The van der Waals surface area contributed by atoms with Crippen LogP contribution in [-0.2, 0) is 4.79 Å². The van der Waals surface area contributed by atoms with Crippen molar-refractivity contribution >= 4 is 17.6 Å². The van der Waals surface area contributed by atoms with Crippen molar-refractivity contribution in [3.63, 3.8) is 0 Å². The number of aliphatic hydroxyl groups is 1. The van der Waals surface area contributed by atoms with E-state index in [0.29, 0.717) is 18.7 Å². The van der Waals surface area contributed by atoms with Crippen LogP contribution >= 0.6 is 0 Å². The van der Waals surface area contributed by atoms with Crippen LogP contribution in [0.1, 0.15) is 16.9 Å². The Labute approximate surface area is 97.5 Å². The quantitative estimate of drug-likeness (QED) is 0.778. The number of pyridine rings is 1. The number of anilines is 1. The minimum atomic E-state index is -1.10. The normalized spacial score (nSPS) is 19.7. The summed E-state index contributed by atoms with van der Waals surface area (Å²) in [5.74, 6) is -1.23. The van der Waals surface area contributed by atoms with E-state index in [1.807, 2.05) is 0 Å². The second-order valence-corrected chi connectivity index (χ2v) is 3.96. The second kappa shape index (κ2) is 4.50. The van der Waals surface area contributed by atoms with Gasteiger partial charge < -0.3 is 15.1 Å². The molecule has 1 aliphatic heterocycles. The van der Waals surface area contributed by atoms with E-state index < -0.39 is 5.97 Å². The zero-order chi connectivity index (χ0) is 12.4. The van der Waals surface area contributed by atoms with E-state index in [2.05, 4.69) is 4.98 Å². The van der Waals surface area contributed by atoms with Gasteiger partial charge in [0.2, 0.25) is 5.91 Å². The highest BCUT2D eigenvalue weighted by Crippen LogP contribution is 2.24. The highest BCUT2D eigenvalue weighted by Gasteiger charge is 2.30. The molecule has 1 fully saturated rings. The van der Waals surface area contributed by atoms with E-state index in [1.165, 1.54) is 17.2 Å². The molecule has 1 aromatic rings. The number of carbonyl (C=O) groups is 2. The topological polar surface area (TPSA) is 90.7 Å². The van der Waals surface area contributed by atoms with Gasteiger partial charge in [-0.25, -0.2) is 9.78 Å². The predicted octanol–water partition coefficient (Wildman–Crippen LogP) is 0.125. The van der Waals surface area contributed by atoms with Gasteiger partial charge >= 0.3 is 5.97 Å². The van der Waals surface area contributed by atoms with Gasteiger partial charge in [0.15, 0.2) is 0 Å². The number of carboxylic acids is 1. The molecule has 17 heavy (non-hydrogen) atoms. The maximum atomic E-state index is 11.6. The third-order valence-corrected chi connectivity index (χ3v) is 2.74. The third-order valence-electron chi connectivity index (χ3n) is 2.74. The molecule has 0 bridgehead atoms. The molecule has 1 aliphatic rings. The molecular formula is C11H12N2O4. The van der Waals surface area contributed by atoms with Gasteiger partial charge in [-0.2, -0.15) is 0 Å². The minimum absolute atomic E-state index is 0.0249. The van der Waals surface area contributed by atoms with Gasteiger partial charge in [-0.3, -0.25) is 4.79 Å². The SMILES string of the molecule is O=C(O)c1ccc(N2CC(CO)CC2=O)cn1. The van der Waals surface area contributed by atoms with E-state index in [0.717, 1.165) is 0 Å². The number of aromatic carboxylic acids is 1. The molecule has 0 aliphatic carbocycles. The largest absolute Gasteiger partial charge is 0.477 e. The van der Waals surface area contributed by atoms with Crippen LogP contribution in [0, 0.1) is 5.92 Å². The van der Waals surface area contributed by atoms with Gasteiger partial charge in [0.1, 0.15) is 5.69 Å². The van der Waals surface area contributed by atoms with Gasteiger partial charge in [0, 0.05) is 25.5 Å². The molecule has 6 nitrogen and oxygen atoms in total. The zero-order valence-electron chi connectivity index (χ0n) is 9.04. The summed E-state index contributed by atoms with van der Waals surface area (Å²) in [5.41, 5.74) is 0.509. The Morgan fingerprint density at radius 2 is 2.29 bits per heavy atom. The first kappa shape index (κ1) is 11.5. The molecule has 0 aromatic carbocycles. The number of aromatic nitrogens is 1. The molecule has 1 aromatic heterocycles. The van der Waals surface area contributed by atoms with Crippen LogP contribution < -0.4 is 4.90 Å². The Hall–Kier alpha value is -1.95. The first-order valence-corrected chi connectivity index (χ1v) is 5.22. The molecule has 1 saturated heterocycles. The van der Waals surface area contributed by atoms with E-state index in [9.17, 15) is 9.59 Å². The standard InChI is InChI=1S/C11H12N2O4/c14-6-7-3-10(15)13(5-7)8-1-2-9(11(16)17)12-4-8/h1-2,4,7,14H,3,5-6H2,(H,16,17). The third kappa shape index (κ3) is 2.26. The maximum absolute atomic E-state index is 11.6. The minimum Gasteiger partial charge on any atom is -0.477 e. The van der Waals surface area contributed by atoms with Gasteiger partial charge in [-0.05, 0) is 12.1 Å². The summed E-state index contributed by atoms with van der Waals surface area (Å²) in [6.07, 6.45) is 1.68. The summed E-state index contributed by atoms with van der Waals surface area (Å²) < 4.78 is 0. The van der Waals surface area contributed by atoms with Crippen molar-refractivity contribution < 1.29 is 19.8 Å². The first-order valence-electron chi connectivity index (χ1n) is 5.22. The Bertz CT molecular complexity index is 443. The Morgan fingerprint density at radius 3 is 2.76 bits per heavy atom. The highest BCUT2D eigenvalue weighted by molar-refractivity contribution is 5.96. The number of rotatable bonds is 3. The molecule has 0 radical (unpaired) electrons. The Balaban J connectivity index is 2.18. The van der Waals surface area contributed by atoms with Crippen LogP contribution in [-0.4, -0.2) is 40.2 Å². The molecule has 6 heteroatoms. The second-order valence-electron chi connectivity index (χ2n) is 3.96. The number of hydrogen-bond acceptors (Lipinski definition) is 4. The van der Waals surface area contributed by atoms with Gasteiger partial charge in [0.25, 0.3) is 0 Å². The summed E-state index contributed by atoms with van der Waals surface area (Å²) in [7, 11) is 0. The van der Waals surface area contributed by atoms with Gasteiger partial charge in [-0.1, -0.05) is 0 Å². The smallest absolute Gasteiger partial charge is 0.354 e. The summed E-state index contributed by atoms with van der Waals surface area (Å²) in [5, 5.41) is 17.7. The Kier molecular flexibility index (Phi) is 3.06. The molecule has 0 saturated carbocycles. The molecule has 1 amide bonds. The van der Waals surface area contributed by atoms with Crippen molar-refractivity contribution in [3.05, 3.63) is 24.0 Å². The van der Waals surface area contributed by atoms with Crippen molar-refractivity contribution in [1.29, 1.82) is 0 Å². The van der Waals surface area contributed by atoms with Crippen LogP contribution in [0.25, 0.3) is 0 Å². The summed E-state index contributed by atoms with van der Waals surface area (Å²) in [6, 6.07) is 2.91. The summed E-state index contributed by atoms with van der Waals surface area (Å²) in [4.78, 5) is 27.5. The maximum Gasteiger partial charge on any atom is 0.354 e. The van der Waals surface area contributed by atoms with Crippen LogP contribution in [0.2, 0.25) is 0 Å². The summed E-state index contributed by atoms with van der Waals surface area (Å²) >= 11 is 0. The van der Waals surface area contributed by atoms with Crippen LogP contribution in [0.15, 0.2) is 18.3 Å². The monoisotopic (exact) mass is 236 g/mol. The fraction of sp³-hybridized carbons (Fsp3) is 0.364. The summed E-state index contributed by atoms with van der Waals surface area (Å²) in [6.45, 7) is 0.423. The van der Waals surface area contributed by atoms with Crippen LogP contribution in [0.4, 0.5) is 5.69 Å². The number of aliphatic hydroxyl groups excluding tert-OH is 1.